The number of nitrogens with zero attached hydrogens (tertiary/aromatic N) is 4. The van der Waals surface area contributed by atoms with E-state index < -0.39 is 5.97 Å². The van der Waals surface area contributed by atoms with Crippen LogP contribution in [-0.2, 0) is 22.7 Å². The number of esters is 1. The molecular weight excluding hydrogens is 368 g/mol. The molecule has 3 rings (SSSR count). The molecule has 0 fully saturated rings. The van der Waals surface area contributed by atoms with E-state index in [1.165, 1.54) is 6.08 Å². The normalized spacial score (nSPS) is 11.3. The van der Waals surface area contributed by atoms with E-state index in [0.29, 0.717) is 17.5 Å². The summed E-state index contributed by atoms with van der Waals surface area (Å²) in [5.41, 5.74) is 3.60. The number of carbonyl (C=O) groups excluding carboxylic acids is 1. The first-order chi connectivity index (χ1) is 12.9. The molecule has 0 bridgehead atoms. The number of aryl methyl sites for hydroxylation is 2. The summed E-state index contributed by atoms with van der Waals surface area (Å²) in [4.78, 5) is 11.9. The highest BCUT2D eigenvalue weighted by molar-refractivity contribution is 6.31. The number of benzene rings is 1. The smallest absolute Gasteiger partial charge is 0.331 e. The van der Waals surface area contributed by atoms with Crippen molar-refractivity contribution in [3.05, 3.63) is 69.7 Å². The van der Waals surface area contributed by atoms with E-state index in [4.69, 9.17) is 20.8 Å². The van der Waals surface area contributed by atoms with Crippen molar-refractivity contribution < 1.29 is 13.9 Å². The fraction of sp³-hybridized carbons (Fsp3) is 0.263. The molecule has 27 heavy (non-hydrogen) atoms. The van der Waals surface area contributed by atoms with Gasteiger partial charge in [-0.3, -0.25) is 4.68 Å². The first-order valence-electron chi connectivity index (χ1n) is 8.35. The lowest BCUT2D eigenvalue weighted by atomic mass is 10.1. The molecule has 0 aliphatic carbocycles. The first kappa shape index (κ1) is 18.8. The Hall–Kier alpha value is -2.93. The van der Waals surface area contributed by atoms with Crippen molar-refractivity contribution >= 4 is 23.6 Å². The molecule has 0 atom stereocenters. The van der Waals surface area contributed by atoms with E-state index in [0.717, 1.165) is 22.5 Å². The molecule has 0 spiro atoms. The summed E-state index contributed by atoms with van der Waals surface area (Å²) in [5, 5.41) is 12.7. The van der Waals surface area contributed by atoms with Crippen molar-refractivity contribution in [2.24, 2.45) is 0 Å². The van der Waals surface area contributed by atoms with Gasteiger partial charge < -0.3 is 9.15 Å². The van der Waals surface area contributed by atoms with Gasteiger partial charge in [0.15, 0.2) is 6.61 Å². The van der Waals surface area contributed by atoms with Gasteiger partial charge in [0.05, 0.1) is 12.2 Å². The summed E-state index contributed by atoms with van der Waals surface area (Å²) >= 11 is 6.23. The van der Waals surface area contributed by atoms with E-state index in [2.05, 4.69) is 15.3 Å². The first-order valence-corrected chi connectivity index (χ1v) is 8.73. The summed E-state index contributed by atoms with van der Waals surface area (Å²) < 4.78 is 12.1. The molecule has 1 aromatic carbocycles. The Morgan fingerprint density at radius 2 is 2.04 bits per heavy atom. The lowest BCUT2D eigenvalue weighted by Crippen LogP contribution is -2.04. The fourth-order valence-electron chi connectivity index (χ4n) is 2.62. The second-order valence-corrected chi connectivity index (χ2v) is 6.40. The van der Waals surface area contributed by atoms with E-state index >= 15 is 0 Å². The second kappa shape index (κ2) is 8.18. The van der Waals surface area contributed by atoms with Crippen LogP contribution >= 0.6 is 11.6 Å². The number of ether oxygens (including phenoxy) is 1. The number of rotatable bonds is 6. The van der Waals surface area contributed by atoms with Crippen molar-refractivity contribution in [1.82, 2.24) is 20.0 Å². The Morgan fingerprint density at radius 3 is 2.74 bits per heavy atom. The molecule has 0 radical (unpaired) electrons. The quantitative estimate of drug-likeness (QED) is 0.475. The lowest BCUT2D eigenvalue weighted by Gasteiger charge is -2.06. The molecule has 0 saturated carbocycles. The minimum Gasteiger partial charge on any atom is -0.452 e. The van der Waals surface area contributed by atoms with Crippen LogP contribution in [0.25, 0.3) is 6.08 Å². The van der Waals surface area contributed by atoms with Crippen LogP contribution in [-0.4, -0.2) is 25.9 Å². The molecule has 8 heteroatoms. The molecule has 2 aromatic heterocycles. The van der Waals surface area contributed by atoms with Crippen LogP contribution in [0.15, 0.2) is 34.8 Å². The van der Waals surface area contributed by atoms with Crippen molar-refractivity contribution in [3.63, 3.8) is 0 Å². The Kier molecular flexibility index (Phi) is 5.71. The Labute approximate surface area is 161 Å². The molecule has 140 valence electrons. The fourth-order valence-corrected chi connectivity index (χ4v) is 2.82. The maximum atomic E-state index is 11.9. The zero-order valence-electron chi connectivity index (χ0n) is 15.3. The Balaban J connectivity index is 1.67. The number of carbonyl (C=O) groups is 1. The van der Waals surface area contributed by atoms with Crippen LogP contribution in [0.5, 0.6) is 0 Å². The topological polar surface area (TPSA) is 83.0 Å². The van der Waals surface area contributed by atoms with Gasteiger partial charge in [-0.15, -0.1) is 10.2 Å². The molecule has 0 saturated heterocycles. The zero-order chi connectivity index (χ0) is 19.4. The lowest BCUT2D eigenvalue weighted by molar-refractivity contribution is -0.139. The van der Waals surface area contributed by atoms with Gasteiger partial charge in [0.25, 0.3) is 5.89 Å². The molecular formula is C19H19ClN4O3. The van der Waals surface area contributed by atoms with Gasteiger partial charge >= 0.3 is 5.97 Å². The van der Waals surface area contributed by atoms with Crippen LogP contribution in [0.1, 0.15) is 34.3 Å². The van der Waals surface area contributed by atoms with Gasteiger partial charge in [0.1, 0.15) is 0 Å². The maximum absolute atomic E-state index is 11.9. The highest BCUT2D eigenvalue weighted by atomic mass is 35.5. The van der Waals surface area contributed by atoms with E-state index in [-0.39, 0.29) is 12.5 Å². The van der Waals surface area contributed by atoms with Crippen LogP contribution in [0.2, 0.25) is 5.02 Å². The second-order valence-electron chi connectivity index (χ2n) is 5.99. The van der Waals surface area contributed by atoms with Crippen LogP contribution in [0.3, 0.4) is 0 Å². The molecule has 2 heterocycles. The van der Waals surface area contributed by atoms with Gasteiger partial charge in [-0.05, 0) is 31.6 Å². The number of hydrogen-bond acceptors (Lipinski definition) is 6. The summed E-state index contributed by atoms with van der Waals surface area (Å²) in [6, 6.07) is 7.65. The zero-order valence-corrected chi connectivity index (χ0v) is 16.0. The molecule has 0 aliphatic heterocycles. The summed E-state index contributed by atoms with van der Waals surface area (Å²) in [7, 11) is 0. The third-order valence-corrected chi connectivity index (χ3v) is 4.38. The van der Waals surface area contributed by atoms with Gasteiger partial charge in [-0.25, -0.2) is 4.79 Å². The van der Waals surface area contributed by atoms with Gasteiger partial charge in [-0.1, -0.05) is 29.8 Å². The molecule has 0 N–H and O–H groups in total. The minimum atomic E-state index is -0.497. The van der Waals surface area contributed by atoms with Crippen molar-refractivity contribution in [2.45, 2.75) is 33.9 Å². The predicted octanol–water partition coefficient (Wildman–Crippen LogP) is 3.65. The van der Waals surface area contributed by atoms with E-state index in [1.807, 2.05) is 42.8 Å². The predicted molar refractivity (Wildman–Crippen MR) is 100 cm³/mol. The summed E-state index contributed by atoms with van der Waals surface area (Å²) in [5.74, 6) is 0.187. The average Bonchev–Trinajstić information content (AvgIpc) is 3.17. The van der Waals surface area contributed by atoms with Crippen molar-refractivity contribution in [2.75, 3.05) is 0 Å². The molecule has 0 unspecified atom stereocenters. The Bertz CT molecular complexity index is 991. The standard InChI is InChI=1S/C19H19ClN4O3/c1-12-16(8-9-19(25)26-11-18-22-21-14(3)27-18)13(2)24(23-12)10-15-6-4-5-7-17(15)20/h4-9H,10-11H2,1-3H3/b9-8+. The minimum absolute atomic E-state index is 0.0618. The molecule has 0 amide bonds. The molecule has 7 nitrogen and oxygen atoms in total. The number of hydrogen-bond donors (Lipinski definition) is 0. The summed E-state index contributed by atoms with van der Waals surface area (Å²) in [6.45, 7) is 6.00. The molecule has 3 aromatic rings. The SMILES string of the molecule is Cc1nnc(COC(=O)/C=C/c2c(C)nn(Cc3ccccc3Cl)c2C)o1. The van der Waals surface area contributed by atoms with E-state index in [1.54, 1.807) is 13.0 Å². The van der Waals surface area contributed by atoms with Crippen LogP contribution < -0.4 is 0 Å². The Morgan fingerprint density at radius 1 is 1.26 bits per heavy atom. The highest BCUT2D eigenvalue weighted by Crippen LogP contribution is 2.20. The summed E-state index contributed by atoms with van der Waals surface area (Å²) in [6.07, 6.45) is 3.06. The van der Waals surface area contributed by atoms with Gasteiger partial charge in [0.2, 0.25) is 5.89 Å². The number of aromatic nitrogens is 4. The largest absolute Gasteiger partial charge is 0.452 e. The van der Waals surface area contributed by atoms with Crippen molar-refractivity contribution in [1.29, 1.82) is 0 Å². The third kappa shape index (κ3) is 4.62. The highest BCUT2D eigenvalue weighted by Gasteiger charge is 2.12. The van der Waals surface area contributed by atoms with Crippen LogP contribution in [0.4, 0.5) is 0 Å². The van der Waals surface area contributed by atoms with Gasteiger partial charge in [0, 0.05) is 29.3 Å². The van der Waals surface area contributed by atoms with Crippen molar-refractivity contribution in [3.8, 4) is 0 Å². The maximum Gasteiger partial charge on any atom is 0.331 e. The molecule has 0 aliphatic rings. The van der Waals surface area contributed by atoms with Crippen LogP contribution in [0, 0.1) is 20.8 Å². The monoisotopic (exact) mass is 386 g/mol. The number of halogens is 1. The van der Waals surface area contributed by atoms with E-state index in [9.17, 15) is 4.79 Å². The average molecular weight is 387 g/mol. The third-order valence-electron chi connectivity index (χ3n) is 4.01. The van der Waals surface area contributed by atoms with Gasteiger partial charge in [-0.2, -0.15) is 5.10 Å².